The van der Waals surface area contributed by atoms with Crippen molar-refractivity contribution in [3.63, 3.8) is 0 Å². The quantitative estimate of drug-likeness (QED) is 0.569. The maximum Gasteiger partial charge on any atom is 0.0718 e. The van der Waals surface area contributed by atoms with Gasteiger partial charge in [-0.1, -0.05) is 12.1 Å². The zero-order chi connectivity index (χ0) is 10.3. The van der Waals surface area contributed by atoms with E-state index in [4.69, 9.17) is 0 Å². The molecule has 14 heavy (non-hydrogen) atoms. The molecule has 0 fully saturated rings. The number of carbonyl (C=O) groups is 2. The van der Waals surface area contributed by atoms with Gasteiger partial charge in [0, 0.05) is 11.1 Å². The second-order valence-corrected chi connectivity index (χ2v) is 3.19. The summed E-state index contributed by atoms with van der Waals surface area (Å²) in [5.74, 6) is -2.52. The minimum absolute atomic E-state index is 0.0938. The van der Waals surface area contributed by atoms with E-state index >= 15 is 0 Å². The van der Waals surface area contributed by atoms with Gasteiger partial charge in [-0.2, -0.15) is 0 Å². The highest BCUT2D eigenvalue weighted by Gasteiger charge is 2.21. The van der Waals surface area contributed by atoms with E-state index in [-0.39, 0.29) is 11.1 Å². The lowest BCUT2D eigenvalue weighted by Crippen LogP contribution is -2.31. The molecule has 0 saturated heterocycles. The van der Waals surface area contributed by atoms with Gasteiger partial charge in [0.1, 0.15) is 0 Å². The topological polar surface area (TPSA) is 80.3 Å². The first-order chi connectivity index (χ1) is 6.61. The van der Waals surface area contributed by atoms with Crippen LogP contribution in [0.25, 0.3) is 0 Å². The third-order valence-electron chi connectivity index (χ3n) is 2.50. The summed E-state index contributed by atoms with van der Waals surface area (Å²) >= 11 is 0. The average molecular weight is 190 g/mol. The standard InChI is InChI=1S/C10H8O4/c11-9(12)7-3-4-8(10(13)14)6-2-1-5(6)7/h3-4H,1-2H2,(H,11,12)(H,13,14)/p-2. The molecule has 0 spiro atoms. The van der Waals surface area contributed by atoms with E-state index in [0.29, 0.717) is 24.0 Å². The molecule has 0 unspecified atom stereocenters. The molecule has 4 heteroatoms. The highest BCUT2D eigenvalue weighted by atomic mass is 16.4. The molecule has 1 aromatic carbocycles. The zero-order valence-corrected chi connectivity index (χ0v) is 7.20. The molecule has 0 N–H and O–H groups in total. The van der Waals surface area contributed by atoms with Gasteiger partial charge in [0.15, 0.2) is 0 Å². The van der Waals surface area contributed by atoms with Crippen molar-refractivity contribution in [2.75, 3.05) is 0 Å². The number of carboxylic acids is 2. The van der Waals surface area contributed by atoms with Crippen LogP contribution in [0.1, 0.15) is 31.8 Å². The number of fused-ring (bicyclic) bond motifs is 1. The fourth-order valence-electron chi connectivity index (χ4n) is 1.72. The predicted molar refractivity (Wildman–Crippen MR) is 42.5 cm³/mol. The number of aromatic carboxylic acids is 2. The van der Waals surface area contributed by atoms with Crippen molar-refractivity contribution in [3.8, 4) is 0 Å². The van der Waals surface area contributed by atoms with E-state index in [1.54, 1.807) is 0 Å². The molecule has 0 aromatic heterocycles. The average Bonchev–Trinajstić information content (AvgIpc) is 2.04. The Hall–Kier alpha value is -1.84. The maximum atomic E-state index is 10.6. The lowest BCUT2D eigenvalue weighted by Gasteiger charge is -2.26. The highest BCUT2D eigenvalue weighted by molar-refractivity contribution is 5.94. The summed E-state index contributed by atoms with van der Waals surface area (Å²) in [4.78, 5) is 21.2. The van der Waals surface area contributed by atoms with Crippen molar-refractivity contribution < 1.29 is 19.8 Å². The van der Waals surface area contributed by atoms with Crippen LogP contribution in [-0.4, -0.2) is 11.9 Å². The molecule has 4 nitrogen and oxygen atoms in total. The normalized spacial score (nSPS) is 12.9. The summed E-state index contributed by atoms with van der Waals surface area (Å²) < 4.78 is 0. The summed E-state index contributed by atoms with van der Waals surface area (Å²) in [7, 11) is 0. The minimum atomic E-state index is -1.26. The Morgan fingerprint density at radius 2 is 1.29 bits per heavy atom. The first kappa shape index (κ1) is 8.74. The van der Waals surface area contributed by atoms with Gasteiger partial charge in [-0.15, -0.1) is 0 Å². The smallest absolute Gasteiger partial charge is 0.0718 e. The van der Waals surface area contributed by atoms with Gasteiger partial charge in [-0.3, -0.25) is 0 Å². The van der Waals surface area contributed by atoms with Crippen molar-refractivity contribution in [1.82, 2.24) is 0 Å². The summed E-state index contributed by atoms with van der Waals surface area (Å²) in [5.41, 5.74) is 1.34. The molecule has 0 radical (unpaired) electrons. The summed E-state index contributed by atoms with van der Waals surface area (Å²) in [5, 5.41) is 21.2. The van der Waals surface area contributed by atoms with Gasteiger partial charge in [-0.05, 0) is 24.0 Å². The Morgan fingerprint density at radius 1 is 0.929 bits per heavy atom. The molecule has 0 aliphatic heterocycles. The lowest BCUT2D eigenvalue weighted by molar-refractivity contribution is -0.256. The molecule has 1 aliphatic carbocycles. The molecule has 72 valence electrons. The molecule has 0 amide bonds. The first-order valence-electron chi connectivity index (χ1n) is 4.18. The van der Waals surface area contributed by atoms with Gasteiger partial charge < -0.3 is 19.8 Å². The van der Waals surface area contributed by atoms with Crippen molar-refractivity contribution in [1.29, 1.82) is 0 Å². The van der Waals surface area contributed by atoms with Gasteiger partial charge in [0.25, 0.3) is 0 Å². The SMILES string of the molecule is O=C([O-])c1ccc(C(=O)[O-])c2c1CC2. The monoisotopic (exact) mass is 190 g/mol. The Bertz CT molecular complexity index is 393. The number of carboxylic acid groups (broad SMARTS) is 2. The number of hydrogen-bond donors (Lipinski definition) is 0. The van der Waals surface area contributed by atoms with Crippen molar-refractivity contribution in [3.05, 3.63) is 34.4 Å². The molecule has 2 rings (SSSR count). The number of rotatable bonds is 2. The molecule has 0 heterocycles. The Kier molecular flexibility index (Phi) is 1.77. The number of benzene rings is 1. The third-order valence-corrected chi connectivity index (χ3v) is 2.50. The first-order valence-corrected chi connectivity index (χ1v) is 4.18. The number of hydrogen-bond acceptors (Lipinski definition) is 4. The van der Waals surface area contributed by atoms with Crippen LogP contribution >= 0.6 is 0 Å². The summed E-state index contributed by atoms with van der Waals surface area (Å²) in [6, 6.07) is 2.52. The largest absolute Gasteiger partial charge is 0.545 e. The Labute approximate surface area is 79.8 Å². The fourth-order valence-corrected chi connectivity index (χ4v) is 1.72. The summed E-state index contributed by atoms with van der Waals surface area (Å²) in [6.07, 6.45) is 1.19. The summed E-state index contributed by atoms with van der Waals surface area (Å²) in [6.45, 7) is 0. The maximum absolute atomic E-state index is 10.6. The zero-order valence-electron chi connectivity index (χ0n) is 7.20. The molecule has 1 aromatic rings. The van der Waals surface area contributed by atoms with Gasteiger partial charge in [0.2, 0.25) is 0 Å². The number of carbonyl (C=O) groups excluding carboxylic acids is 2. The molecule has 1 aliphatic rings. The van der Waals surface area contributed by atoms with E-state index < -0.39 is 11.9 Å². The Morgan fingerprint density at radius 3 is 1.50 bits per heavy atom. The molecule has 0 atom stereocenters. The van der Waals surface area contributed by atoms with E-state index in [1.807, 2.05) is 0 Å². The fraction of sp³-hybridized carbons (Fsp3) is 0.200. The van der Waals surface area contributed by atoms with Gasteiger partial charge in [-0.25, -0.2) is 0 Å². The van der Waals surface area contributed by atoms with Crippen LogP contribution in [0.4, 0.5) is 0 Å². The van der Waals surface area contributed by atoms with Crippen LogP contribution in [0.2, 0.25) is 0 Å². The van der Waals surface area contributed by atoms with Crippen LogP contribution in [0, 0.1) is 0 Å². The molecule has 0 saturated carbocycles. The second kappa shape index (κ2) is 2.83. The van der Waals surface area contributed by atoms with Crippen LogP contribution in [-0.2, 0) is 12.8 Å². The minimum Gasteiger partial charge on any atom is -0.545 e. The van der Waals surface area contributed by atoms with Crippen LogP contribution in [0.3, 0.4) is 0 Å². The molecule has 0 bridgehead atoms. The van der Waals surface area contributed by atoms with Crippen molar-refractivity contribution in [2.45, 2.75) is 12.8 Å². The van der Waals surface area contributed by atoms with E-state index in [2.05, 4.69) is 0 Å². The third kappa shape index (κ3) is 1.08. The van der Waals surface area contributed by atoms with Crippen LogP contribution in [0.15, 0.2) is 12.1 Å². The molecular weight excluding hydrogens is 184 g/mol. The lowest BCUT2D eigenvalue weighted by atomic mass is 9.81. The van der Waals surface area contributed by atoms with Gasteiger partial charge in [0.05, 0.1) is 11.9 Å². The van der Waals surface area contributed by atoms with Crippen molar-refractivity contribution >= 4 is 11.9 Å². The van der Waals surface area contributed by atoms with Crippen LogP contribution < -0.4 is 10.2 Å². The van der Waals surface area contributed by atoms with E-state index in [9.17, 15) is 19.8 Å². The second-order valence-electron chi connectivity index (χ2n) is 3.19. The Balaban J connectivity index is 2.59. The van der Waals surface area contributed by atoms with Gasteiger partial charge >= 0.3 is 0 Å². The highest BCUT2D eigenvalue weighted by Crippen LogP contribution is 2.29. The predicted octanol–water partition coefficient (Wildman–Crippen LogP) is -1.49. The van der Waals surface area contributed by atoms with Crippen molar-refractivity contribution in [2.24, 2.45) is 0 Å². The van der Waals surface area contributed by atoms with E-state index in [0.717, 1.165) is 0 Å². The van der Waals surface area contributed by atoms with E-state index in [1.165, 1.54) is 12.1 Å². The van der Waals surface area contributed by atoms with Crippen LogP contribution in [0.5, 0.6) is 0 Å². The molecular formula is C10H6O4-2.